The highest BCUT2D eigenvalue weighted by Crippen LogP contribution is 2.22. The molecular weight excluding hydrogens is 258 g/mol. The van der Waals surface area contributed by atoms with E-state index in [0.717, 1.165) is 5.56 Å². The second-order valence-corrected chi connectivity index (χ2v) is 4.99. The van der Waals surface area contributed by atoms with Gasteiger partial charge in [0.25, 0.3) is 5.91 Å². The molecule has 0 bridgehead atoms. The van der Waals surface area contributed by atoms with E-state index in [0.29, 0.717) is 19.4 Å². The Bertz CT molecular complexity index is 526. The summed E-state index contributed by atoms with van der Waals surface area (Å²) in [6.07, 6.45) is 1.03. The van der Waals surface area contributed by atoms with Crippen molar-refractivity contribution in [3.8, 4) is 0 Å². The molecule has 106 valence electrons. The predicted octanol–water partition coefficient (Wildman–Crippen LogP) is 1.43. The molecule has 5 heteroatoms. The van der Waals surface area contributed by atoms with Crippen LogP contribution in [0.4, 0.5) is 0 Å². The molecule has 2 rings (SSSR count). The molecule has 2 unspecified atom stereocenters. The van der Waals surface area contributed by atoms with Gasteiger partial charge in [-0.25, -0.2) is 4.79 Å². The molecule has 5 nitrogen and oxygen atoms in total. The monoisotopic (exact) mass is 275 g/mol. The average Bonchev–Trinajstić information content (AvgIpc) is 2.95. The van der Waals surface area contributed by atoms with Gasteiger partial charge in [-0.1, -0.05) is 37.3 Å². The minimum absolute atomic E-state index is 0.336. The summed E-state index contributed by atoms with van der Waals surface area (Å²) in [7, 11) is 0. The molecule has 1 aliphatic heterocycles. The lowest BCUT2D eigenvalue weighted by Crippen LogP contribution is -2.44. The van der Waals surface area contributed by atoms with Crippen molar-refractivity contribution in [3.05, 3.63) is 35.9 Å². The van der Waals surface area contributed by atoms with E-state index in [-0.39, 0.29) is 0 Å². The summed E-state index contributed by atoms with van der Waals surface area (Å²) in [5.74, 6) is -2.84. The van der Waals surface area contributed by atoms with Crippen LogP contribution in [-0.4, -0.2) is 40.3 Å². The molecule has 1 N–H and O–H groups in total. The normalized spacial score (nSPS) is 19.6. The molecule has 1 aromatic carbocycles. The highest BCUT2D eigenvalue weighted by Gasteiger charge is 2.38. The largest absolute Gasteiger partial charge is 0.480 e. The molecule has 1 amide bonds. The first-order chi connectivity index (χ1) is 9.52. The fourth-order valence-electron chi connectivity index (χ4n) is 2.49. The molecule has 0 saturated carbocycles. The minimum Gasteiger partial charge on any atom is -0.480 e. The van der Waals surface area contributed by atoms with Crippen LogP contribution in [0.1, 0.15) is 31.2 Å². The summed E-state index contributed by atoms with van der Waals surface area (Å²) >= 11 is 0. The Balaban J connectivity index is 2.13. The average molecular weight is 275 g/mol. The molecule has 20 heavy (non-hydrogen) atoms. The van der Waals surface area contributed by atoms with Gasteiger partial charge in [0.1, 0.15) is 6.04 Å². The first kappa shape index (κ1) is 14.2. The standard InChI is InChI=1S/C15H17NO4/c1-10(11-6-3-2-4-7-11)13(17)14(18)16-9-5-8-12(16)15(19)20/h2-4,6-7,10,12H,5,8-9H2,1H3,(H,19,20). The Labute approximate surface area is 117 Å². The zero-order chi connectivity index (χ0) is 14.7. The second kappa shape index (κ2) is 5.86. The highest BCUT2D eigenvalue weighted by molar-refractivity contribution is 6.38. The maximum absolute atomic E-state index is 12.2. The molecule has 0 aromatic heterocycles. The Morgan fingerprint density at radius 2 is 1.90 bits per heavy atom. The summed E-state index contributed by atoms with van der Waals surface area (Å²) in [5, 5.41) is 9.06. The lowest BCUT2D eigenvalue weighted by Gasteiger charge is -2.22. The first-order valence-corrected chi connectivity index (χ1v) is 6.65. The summed E-state index contributed by atoms with van der Waals surface area (Å²) in [6, 6.07) is 8.15. The molecule has 1 saturated heterocycles. The van der Waals surface area contributed by atoms with Crippen molar-refractivity contribution in [2.75, 3.05) is 6.54 Å². The van der Waals surface area contributed by atoms with Crippen LogP contribution in [0.5, 0.6) is 0 Å². The Morgan fingerprint density at radius 1 is 1.25 bits per heavy atom. The van der Waals surface area contributed by atoms with Crippen molar-refractivity contribution >= 4 is 17.7 Å². The quantitative estimate of drug-likeness (QED) is 0.844. The van der Waals surface area contributed by atoms with Crippen LogP contribution in [0.25, 0.3) is 0 Å². The number of rotatable bonds is 4. The molecule has 0 spiro atoms. The van der Waals surface area contributed by atoms with E-state index < -0.39 is 29.6 Å². The van der Waals surface area contributed by atoms with Crippen molar-refractivity contribution in [2.24, 2.45) is 0 Å². The van der Waals surface area contributed by atoms with E-state index in [1.807, 2.05) is 6.07 Å². The van der Waals surface area contributed by atoms with E-state index >= 15 is 0 Å². The van der Waals surface area contributed by atoms with Gasteiger partial charge in [-0.3, -0.25) is 9.59 Å². The number of aliphatic carboxylic acids is 1. The zero-order valence-corrected chi connectivity index (χ0v) is 11.3. The number of benzene rings is 1. The molecule has 2 atom stereocenters. The van der Waals surface area contributed by atoms with Gasteiger partial charge < -0.3 is 10.0 Å². The van der Waals surface area contributed by atoms with E-state index in [4.69, 9.17) is 5.11 Å². The topological polar surface area (TPSA) is 74.7 Å². The zero-order valence-electron chi connectivity index (χ0n) is 11.3. The fraction of sp³-hybridized carbons (Fsp3) is 0.400. The first-order valence-electron chi connectivity index (χ1n) is 6.65. The number of amides is 1. The molecular formula is C15H17NO4. The van der Waals surface area contributed by atoms with E-state index in [9.17, 15) is 14.4 Å². The van der Waals surface area contributed by atoms with E-state index in [1.165, 1.54) is 4.90 Å². The number of carboxylic acids is 1. The van der Waals surface area contributed by atoms with E-state index in [1.54, 1.807) is 31.2 Å². The summed E-state index contributed by atoms with van der Waals surface area (Å²) < 4.78 is 0. The van der Waals surface area contributed by atoms with Crippen molar-refractivity contribution in [1.29, 1.82) is 0 Å². The third kappa shape index (κ3) is 2.71. The van der Waals surface area contributed by atoms with Crippen LogP contribution in [0.15, 0.2) is 30.3 Å². The SMILES string of the molecule is CC(C(=O)C(=O)N1CCCC1C(=O)O)c1ccccc1. The van der Waals surface area contributed by atoms with Gasteiger partial charge in [0.05, 0.1) is 0 Å². The number of ketones is 1. The number of hydrogen-bond donors (Lipinski definition) is 1. The van der Waals surface area contributed by atoms with Crippen LogP contribution < -0.4 is 0 Å². The Kier molecular flexibility index (Phi) is 4.17. The highest BCUT2D eigenvalue weighted by atomic mass is 16.4. The maximum atomic E-state index is 12.2. The number of carboxylic acid groups (broad SMARTS) is 1. The van der Waals surface area contributed by atoms with Crippen molar-refractivity contribution in [2.45, 2.75) is 31.7 Å². The van der Waals surface area contributed by atoms with Crippen molar-refractivity contribution in [3.63, 3.8) is 0 Å². The van der Waals surface area contributed by atoms with Crippen LogP contribution >= 0.6 is 0 Å². The lowest BCUT2D eigenvalue weighted by molar-refractivity contribution is -0.152. The lowest BCUT2D eigenvalue weighted by atomic mass is 9.96. The van der Waals surface area contributed by atoms with Gasteiger partial charge in [0, 0.05) is 12.5 Å². The third-order valence-electron chi connectivity index (χ3n) is 3.70. The van der Waals surface area contributed by atoms with Crippen LogP contribution in [-0.2, 0) is 14.4 Å². The number of carbonyl (C=O) groups is 3. The van der Waals surface area contributed by atoms with Gasteiger partial charge in [0.2, 0.25) is 5.78 Å². The number of Topliss-reactive ketones (excluding diaryl/α,β-unsaturated/α-hetero) is 1. The van der Waals surface area contributed by atoms with Crippen LogP contribution in [0.3, 0.4) is 0 Å². The van der Waals surface area contributed by atoms with Gasteiger partial charge >= 0.3 is 5.97 Å². The van der Waals surface area contributed by atoms with Crippen LogP contribution in [0, 0.1) is 0 Å². The van der Waals surface area contributed by atoms with E-state index in [2.05, 4.69) is 0 Å². The molecule has 0 radical (unpaired) electrons. The Hall–Kier alpha value is -2.17. The van der Waals surface area contributed by atoms with Crippen molar-refractivity contribution < 1.29 is 19.5 Å². The molecule has 1 aromatic rings. The van der Waals surface area contributed by atoms with Crippen LogP contribution in [0.2, 0.25) is 0 Å². The van der Waals surface area contributed by atoms with Crippen molar-refractivity contribution in [1.82, 2.24) is 4.90 Å². The summed E-state index contributed by atoms with van der Waals surface area (Å²) in [5.41, 5.74) is 0.761. The summed E-state index contributed by atoms with van der Waals surface area (Å²) in [6.45, 7) is 2.00. The summed E-state index contributed by atoms with van der Waals surface area (Å²) in [4.78, 5) is 36.7. The molecule has 1 heterocycles. The molecule has 1 aliphatic rings. The third-order valence-corrected chi connectivity index (χ3v) is 3.70. The number of carbonyl (C=O) groups excluding carboxylic acids is 2. The Morgan fingerprint density at radius 3 is 2.50 bits per heavy atom. The fourth-order valence-corrected chi connectivity index (χ4v) is 2.49. The molecule has 1 fully saturated rings. The van der Waals surface area contributed by atoms with Gasteiger partial charge in [-0.15, -0.1) is 0 Å². The smallest absolute Gasteiger partial charge is 0.326 e. The van der Waals surface area contributed by atoms with Gasteiger partial charge in [-0.05, 0) is 18.4 Å². The van der Waals surface area contributed by atoms with Gasteiger partial charge in [0.15, 0.2) is 0 Å². The second-order valence-electron chi connectivity index (χ2n) is 4.99. The maximum Gasteiger partial charge on any atom is 0.326 e. The number of likely N-dealkylation sites (tertiary alicyclic amines) is 1. The molecule has 0 aliphatic carbocycles. The minimum atomic E-state index is -1.05. The number of hydrogen-bond acceptors (Lipinski definition) is 3. The number of nitrogens with zero attached hydrogens (tertiary/aromatic N) is 1. The van der Waals surface area contributed by atoms with Gasteiger partial charge in [-0.2, -0.15) is 0 Å². The predicted molar refractivity (Wildman–Crippen MR) is 72.2 cm³/mol.